The maximum absolute atomic E-state index is 13.0. The van der Waals surface area contributed by atoms with E-state index in [4.69, 9.17) is 0 Å². The summed E-state index contributed by atoms with van der Waals surface area (Å²) in [5, 5.41) is 0.420. The first-order valence-corrected chi connectivity index (χ1v) is 10.2. The molecule has 7 nitrogen and oxygen atoms in total. The average molecular weight is 459 g/mol. The van der Waals surface area contributed by atoms with Gasteiger partial charge in [-0.15, -0.1) is 16.2 Å². The molecule has 0 radical (unpaired) electrons. The minimum Gasteiger partial charge on any atom is -0.345 e. The predicted octanol–water partition coefficient (Wildman–Crippen LogP) is 2.67. The van der Waals surface area contributed by atoms with Gasteiger partial charge in [0.05, 0.1) is 6.20 Å². The van der Waals surface area contributed by atoms with Crippen molar-refractivity contribution < 1.29 is 17.6 Å². The summed E-state index contributed by atoms with van der Waals surface area (Å²) in [4.78, 5) is 18.2. The van der Waals surface area contributed by atoms with E-state index in [2.05, 4.69) is 26.3 Å². The lowest BCUT2D eigenvalue weighted by molar-refractivity contribution is 0.0937. The van der Waals surface area contributed by atoms with Crippen LogP contribution in [0.15, 0.2) is 51.4 Å². The van der Waals surface area contributed by atoms with Crippen LogP contribution >= 0.6 is 27.3 Å². The number of rotatable bonds is 5. The molecule has 2 N–H and O–H groups in total. The number of hydrogen-bond acceptors (Lipinski definition) is 5. The zero-order valence-corrected chi connectivity index (χ0v) is 16.5. The zero-order chi connectivity index (χ0) is 18.9. The number of nitrogens with one attached hydrogen (secondary N) is 2. The fourth-order valence-electron chi connectivity index (χ4n) is 2.09. The Balaban J connectivity index is 1.73. The highest BCUT2D eigenvalue weighted by Gasteiger charge is 2.20. The van der Waals surface area contributed by atoms with Crippen molar-refractivity contribution in [3.05, 3.63) is 58.7 Å². The molecule has 1 amide bonds. The molecule has 3 aromatic rings. The number of aromatic nitrogens is 2. The Kier molecular flexibility index (Phi) is 5.23. The molecular formula is C15H12BrFN4O3S2. The number of carbonyl (C=O) groups is 1. The summed E-state index contributed by atoms with van der Waals surface area (Å²) in [6.07, 6.45) is 2.85. The van der Waals surface area contributed by atoms with Gasteiger partial charge in [-0.05, 0) is 46.3 Å². The SMILES string of the molecule is Cn1cc(Br)cc1C(=O)NNS(=O)(=O)c1cnc(-c2ccc(F)cc2)s1. The van der Waals surface area contributed by atoms with Crippen LogP contribution in [0.1, 0.15) is 10.5 Å². The van der Waals surface area contributed by atoms with Crippen molar-refractivity contribution in [2.24, 2.45) is 7.05 Å². The molecule has 0 aliphatic carbocycles. The molecule has 0 aliphatic rings. The first kappa shape index (κ1) is 18.7. The average Bonchev–Trinajstić information content (AvgIpc) is 3.20. The van der Waals surface area contributed by atoms with Crippen LogP contribution in [0.3, 0.4) is 0 Å². The number of benzene rings is 1. The molecule has 0 bridgehead atoms. The first-order valence-electron chi connectivity index (χ1n) is 7.12. The van der Waals surface area contributed by atoms with E-state index in [1.165, 1.54) is 30.5 Å². The molecule has 0 aliphatic heterocycles. The maximum atomic E-state index is 13.0. The molecule has 0 atom stereocenters. The summed E-state index contributed by atoms with van der Waals surface area (Å²) in [6, 6.07) is 7.10. The number of aryl methyl sites for hydroxylation is 1. The van der Waals surface area contributed by atoms with E-state index in [0.717, 1.165) is 11.3 Å². The smallest absolute Gasteiger partial charge is 0.282 e. The summed E-state index contributed by atoms with van der Waals surface area (Å²) < 4.78 is 39.8. The highest BCUT2D eigenvalue weighted by molar-refractivity contribution is 9.10. The molecule has 0 saturated heterocycles. The zero-order valence-electron chi connectivity index (χ0n) is 13.2. The van der Waals surface area contributed by atoms with Crippen LogP contribution in [-0.2, 0) is 17.1 Å². The minimum absolute atomic E-state index is 0.0785. The Labute approximate surface area is 161 Å². The van der Waals surface area contributed by atoms with Gasteiger partial charge in [0.15, 0.2) is 4.21 Å². The fourth-order valence-corrected chi connectivity index (χ4v) is 4.59. The summed E-state index contributed by atoms with van der Waals surface area (Å²) in [5.74, 6) is -1.00. The molecule has 11 heteroatoms. The number of hydrogen-bond donors (Lipinski definition) is 2. The maximum Gasteiger partial charge on any atom is 0.282 e. The largest absolute Gasteiger partial charge is 0.345 e. The molecule has 0 saturated carbocycles. The van der Waals surface area contributed by atoms with Crippen molar-refractivity contribution in [3.63, 3.8) is 0 Å². The van der Waals surface area contributed by atoms with Gasteiger partial charge in [0, 0.05) is 23.3 Å². The van der Waals surface area contributed by atoms with Crippen molar-refractivity contribution in [2.75, 3.05) is 0 Å². The van der Waals surface area contributed by atoms with E-state index < -0.39 is 21.7 Å². The third-order valence-electron chi connectivity index (χ3n) is 3.34. The number of carbonyl (C=O) groups excluding carboxylic acids is 1. The van der Waals surface area contributed by atoms with Crippen LogP contribution < -0.4 is 10.3 Å². The van der Waals surface area contributed by atoms with Gasteiger partial charge >= 0.3 is 0 Å². The summed E-state index contributed by atoms with van der Waals surface area (Å²) in [5.41, 5.74) is 3.03. The van der Waals surface area contributed by atoms with Crippen LogP contribution in [-0.4, -0.2) is 23.9 Å². The molecule has 0 unspecified atom stereocenters. The summed E-state index contributed by atoms with van der Waals surface area (Å²) in [7, 11) is -2.33. The Morgan fingerprint density at radius 3 is 2.62 bits per heavy atom. The Morgan fingerprint density at radius 1 is 1.31 bits per heavy atom. The highest BCUT2D eigenvalue weighted by atomic mass is 79.9. The standard InChI is InChI=1S/C15H12BrFN4O3S2/c1-21-8-10(16)6-12(21)14(22)19-20-26(23,24)13-7-18-15(25-13)9-2-4-11(17)5-3-9/h2-8,20H,1H3,(H,19,22). The molecule has 1 aromatic carbocycles. The second-order valence-electron chi connectivity index (χ2n) is 5.21. The van der Waals surface area contributed by atoms with Crippen LogP contribution in [0, 0.1) is 5.82 Å². The van der Waals surface area contributed by atoms with Crippen molar-refractivity contribution in [1.29, 1.82) is 0 Å². The van der Waals surface area contributed by atoms with Crippen molar-refractivity contribution in [1.82, 2.24) is 19.8 Å². The minimum atomic E-state index is -3.99. The van der Waals surface area contributed by atoms with E-state index in [-0.39, 0.29) is 9.90 Å². The van der Waals surface area contributed by atoms with Crippen molar-refractivity contribution in [3.8, 4) is 10.6 Å². The third kappa shape index (κ3) is 4.01. The third-order valence-corrected chi connectivity index (χ3v) is 6.53. The second kappa shape index (κ2) is 7.27. The van der Waals surface area contributed by atoms with Crippen molar-refractivity contribution in [2.45, 2.75) is 4.21 Å². The Morgan fingerprint density at radius 2 is 2.00 bits per heavy atom. The molecule has 26 heavy (non-hydrogen) atoms. The van der Waals surface area contributed by atoms with Crippen LogP contribution in [0.4, 0.5) is 4.39 Å². The highest BCUT2D eigenvalue weighted by Crippen LogP contribution is 2.27. The van der Waals surface area contributed by atoms with Gasteiger partial charge in [-0.25, -0.2) is 17.8 Å². The van der Waals surface area contributed by atoms with E-state index in [0.29, 0.717) is 15.0 Å². The van der Waals surface area contributed by atoms with Crippen LogP contribution in [0.5, 0.6) is 0 Å². The van der Waals surface area contributed by atoms with Gasteiger partial charge in [-0.2, -0.15) is 0 Å². The van der Waals surface area contributed by atoms with E-state index in [1.807, 2.05) is 4.83 Å². The normalized spacial score (nSPS) is 11.5. The lowest BCUT2D eigenvalue weighted by Gasteiger charge is -2.07. The number of thiazole rings is 1. The molecule has 3 rings (SSSR count). The summed E-state index contributed by atoms with van der Waals surface area (Å²) in [6.45, 7) is 0. The van der Waals surface area contributed by atoms with Gasteiger partial charge in [-0.3, -0.25) is 10.2 Å². The Hall–Kier alpha value is -2.08. The topological polar surface area (TPSA) is 93.1 Å². The molecule has 0 spiro atoms. The predicted molar refractivity (Wildman–Crippen MR) is 98.4 cm³/mol. The van der Waals surface area contributed by atoms with Gasteiger partial charge < -0.3 is 4.57 Å². The lowest BCUT2D eigenvalue weighted by atomic mass is 10.2. The quantitative estimate of drug-likeness (QED) is 0.574. The van der Waals surface area contributed by atoms with E-state index in [9.17, 15) is 17.6 Å². The van der Waals surface area contributed by atoms with Gasteiger partial charge in [0.1, 0.15) is 16.5 Å². The number of halogens is 2. The second-order valence-corrected chi connectivity index (χ2v) is 9.06. The van der Waals surface area contributed by atoms with Gasteiger partial charge in [0.25, 0.3) is 15.9 Å². The van der Waals surface area contributed by atoms with Crippen LogP contribution in [0.2, 0.25) is 0 Å². The molecule has 136 valence electrons. The number of hydrazine groups is 1. The number of nitrogens with zero attached hydrogens (tertiary/aromatic N) is 2. The number of sulfonamides is 1. The van der Waals surface area contributed by atoms with E-state index >= 15 is 0 Å². The summed E-state index contributed by atoms with van der Waals surface area (Å²) >= 11 is 4.14. The molecule has 2 aromatic heterocycles. The van der Waals surface area contributed by atoms with Gasteiger partial charge in [0.2, 0.25) is 0 Å². The number of amides is 1. The Bertz CT molecular complexity index is 1060. The van der Waals surface area contributed by atoms with Gasteiger partial charge in [-0.1, -0.05) is 0 Å². The van der Waals surface area contributed by atoms with Crippen LogP contribution in [0.25, 0.3) is 10.6 Å². The molecule has 2 heterocycles. The first-order chi connectivity index (χ1) is 12.3. The lowest BCUT2D eigenvalue weighted by Crippen LogP contribution is -2.41. The monoisotopic (exact) mass is 458 g/mol. The molecule has 0 fully saturated rings. The fraction of sp³-hybridized carbons (Fsp3) is 0.0667. The van der Waals surface area contributed by atoms with E-state index in [1.54, 1.807) is 23.9 Å². The molecular weight excluding hydrogens is 447 g/mol. The van der Waals surface area contributed by atoms with Crippen molar-refractivity contribution >= 4 is 43.2 Å².